The van der Waals surface area contributed by atoms with Crippen molar-refractivity contribution in [3.63, 3.8) is 0 Å². The van der Waals surface area contributed by atoms with E-state index in [0.29, 0.717) is 16.7 Å². The third kappa shape index (κ3) is 2.98. The topological polar surface area (TPSA) is 73.2 Å². The Hall–Kier alpha value is -2.70. The summed E-state index contributed by atoms with van der Waals surface area (Å²) < 4.78 is 19.5. The molecule has 0 aliphatic rings. The molecular formula is C15H16FN3O3. The van der Waals surface area contributed by atoms with Gasteiger partial charge in [-0.05, 0) is 37.1 Å². The van der Waals surface area contributed by atoms with Gasteiger partial charge in [-0.3, -0.25) is 9.48 Å². The smallest absolute Gasteiger partial charge is 0.356 e. The molecule has 0 unspecified atom stereocenters. The van der Waals surface area contributed by atoms with Crippen molar-refractivity contribution in [3.8, 4) is 0 Å². The Bertz CT molecular complexity index is 729. The lowest BCUT2D eigenvalue weighted by Gasteiger charge is -2.06. The normalized spacial score (nSPS) is 10.4. The van der Waals surface area contributed by atoms with Crippen LogP contribution in [0.2, 0.25) is 0 Å². The third-order valence-corrected chi connectivity index (χ3v) is 3.21. The molecule has 0 spiro atoms. The maximum Gasteiger partial charge on any atom is 0.356 e. The summed E-state index contributed by atoms with van der Waals surface area (Å²) in [7, 11) is 2.83. The molecule has 0 saturated carbocycles. The molecule has 0 radical (unpaired) electrons. The molecule has 1 N–H and O–H groups in total. The highest BCUT2D eigenvalue weighted by Crippen LogP contribution is 2.16. The number of halogens is 1. The van der Waals surface area contributed by atoms with Crippen LogP contribution in [0.3, 0.4) is 0 Å². The van der Waals surface area contributed by atoms with Crippen LogP contribution in [0.15, 0.2) is 18.2 Å². The van der Waals surface area contributed by atoms with E-state index in [4.69, 9.17) is 0 Å². The fourth-order valence-corrected chi connectivity index (χ4v) is 2.09. The number of hydrogen-bond donors (Lipinski definition) is 1. The Morgan fingerprint density at radius 3 is 2.36 bits per heavy atom. The first-order valence-electron chi connectivity index (χ1n) is 6.54. The summed E-state index contributed by atoms with van der Waals surface area (Å²) in [6.45, 7) is 3.18. The van der Waals surface area contributed by atoms with Crippen molar-refractivity contribution in [2.24, 2.45) is 7.05 Å². The number of nitrogens with one attached hydrogen (secondary N) is 1. The molecule has 2 aromatic rings. The number of methoxy groups -OCH3 is 1. The summed E-state index contributed by atoms with van der Waals surface area (Å²) >= 11 is 0. The molecule has 0 aliphatic heterocycles. The van der Waals surface area contributed by atoms with Crippen molar-refractivity contribution in [1.29, 1.82) is 0 Å². The first-order valence-corrected chi connectivity index (χ1v) is 6.54. The predicted molar refractivity (Wildman–Crippen MR) is 78.4 cm³/mol. The number of benzene rings is 1. The fraction of sp³-hybridized carbons (Fsp3) is 0.267. The number of anilines is 1. The van der Waals surface area contributed by atoms with Crippen molar-refractivity contribution < 1.29 is 18.7 Å². The van der Waals surface area contributed by atoms with Gasteiger partial charge in [-0.2, -0.15) is 5.10 Å². The summed E-state index contributed by atoms with van der Waals surface area (Å²) in [5, 5.41) is 6.59. The maximum absolute atomic E-state index is 13.6. The summed E-state index contributed by atoms with van der Waals surface area (Å²) in [6, 6.07) is 4.33. The molecule has 0 atom stereocenters. The number of amides is 1. The molecule has 1 heterocycles. The molecular weight excluding hydrogens is 289 g/mol. The average Bonchev–Trinajstić information content (AvgIpc) is 2.83. The van der Waals surface area contributed by atoms with Gasteiger partial charge in [0.25, 0.3) is 5.91 Å². The molecule has 0 fully saturated rings. The van der Waals surface area contributed by atoms with Crippen LogP contribution >= 0.6 is 0 Å². The van der Waals surface area contributed by atoms with E-state index in [1.807, 2.05) is 0 Å². The highest BCUT2D eigenvalue weighted by molar-refractivity contribution is 6.04. The van der Waals surface area contributed by atoms with Gasteiger partial charge in [-0.15, -0.1) is 0 Å². The second-order valence-corrected chi connectivity index (χ2v) is 4.91. The number of hydrogen-bond acceptors (Lipinski definition) is 4. The van der Waals surface area contributed by atoms with E-state index in [-0.39, 0.29) is 17.3 Å². The number of rotatable bonds is 3. The van der Waals surface area contributed by atoms with E-state index in [1.165, 1.54) is 30.0 Å². The van der Waals surface area contributed by atoms with E-state index in [9.17, 15) is 14.0 Å². The van der Waals surface area contributed by atoms with Gasteiger partial charge in [0, 0.05) is 18.7 Å². The number of carbonyl (C=O) groups excluding carboxylic acids is 2. The summed E-state index contributed by atoms with van der Waals surface area (Å²) in [5.41, 5.74) is 1.31. The molecule has 0 bridgehead atoms. The van der Waals surface area contributed by atoms with Crippen LogP contribution < -0.4 is 5.32 Å². The molecule has 22 heavy (non-hydrogen) atoms. The summed E-state index contributed by atoms with van der Waals surface area (Å²) in [4.78, 5) is 23.7. The number of ether oxygens (including phenoxy) is 1. The highest BCUT2D eigenvalue weighted by atomic mass is 19.1. The number of nitrogens with zero attached hydrogens (tertiary/aromatic N) is 2. The maximum atomic E-state index is 13.6. The number of esters is 1. The minimum absolute atomic E-state index is 0.212. The lowest BCUT2D eigenvalue weighted by atomic mass is 10.1. The lowest BCUT2D eigenvalue weighted by Crippen LogP contribution is -2.13. The molecule has 0 aliphatic carbocycles. The Labute approximate surface area is 126 Å². The van der Waals surface area contributed by atoms with Gasteiger partial charge in [0.1, 0.15) is 11.5 Å². The van der Waals surface area contributed by atoms with Gasteiger partial charge < -0.3 is 10.1 Å². The Morgan fingerprint density at radius 2 is 1.82 bits per heavy atom. The van der Waals surface area contributed by atoms with Crippen LogP contribution in [0.5, 0.6) is 0 Å². The molecule has 2 rings (SSSR count). The first-order chi connectivity index (χ1) is 10.3. The van der Waals surface area contributed by atoms with E-state index in [0.717, 1.165) is 0 Å². The molecule has 116 valence electrons. The van der Waals surface area contributed by atoms with Gasteiger partial charge in [0.2, 0.25) is 0 Å². The Balaban J connectivity index is 2.24. The number of aromatic nitrogens is 2. The molecule has 1 aromatic carbocycles. The second-order valence-electron chi connectivity index (χ2n) is 4.91. The zero-order valence-corrected chi connectivity index (χ0v) is 12.7. The fourth-order valence-electron chi connectivity index (χ4n) is 2.09. The van der Waals surface area contributed by atoms with E-state index >= 15 is 0 Å². The standard InChI is InChI=1S/C15H16FN3O3/c1-8-5-10(6-9(2)13(8)16)14(20)17-12-7-11(15(21)22-4)19(3)18-12/h5-7H,1-4H3,(H,17,18,20). The van der Waals surface area contributed by atoms with Gasteiger partial charge >= 0.3 is 5.97 Å². The van der Waals surface area contributed by atoms with Crippen molar-refractivity contribution in [2.45, 2.75) is 13.8 Å². The average molecular weight is 305 g/mol. The zero-order valence-electron chi connectivity index (χ0n) is 12.7. The minimum atomic E-state index is -0.552. The van der Waals surface area contributed by atoms with Crippen LogP contribution in [0.25, 0.3) is 0 Å². The Morgan fingerprint density at radius 1 is 1.23 bits per heavy atom. The minimum Gasteiger partial charge on any atom is -0.464 e. The van der Waals surface area contributed by atoms with Crippen molar-refractivity contribution in [2.75, 3.05) is 12.4 Å². The van der Waals surface area contributed by atoms with Crippen LogP contribution in [-0.2, 0) is 11.8 Å². The molecule has 7 heteroatoms. The number of carbonyl (C=O) groups is 2. The van der Waals surface area contributed by atoms with Crippen LogP contribution in [0.4, 0.5) is 10.2 Å². The molecule has 1 aromatic heterocycles. The van der Waals surface area contributed by atoms with Crippen LogP contribution in [0.1, 0.15) is 32.0 Å². The van der Waals surface area contributed by atoms with Crippen LogP contribution in [-0.4, -0.2) is 28.8 Å². The zero-order chi connectivity index (χ0) is 16.4. The number of aryl methyl sites for hydroxylation is 3. The van der Waals surface area contributed by atoms with Gasteiger partial charge in [-0.25, -0.2) is 9.18 Å². The van der Waals surface area contributed by atoms with E-state index in [1.54, 1.807) is 20.9 Å². The monoisotopic (exact) mass is 305 g/mol. The second kappa shape index (κ2) is 5.97. The van der Waals surface area contributed by atoms with Crippen molar-refractivity contribution >= 4 is 17.7 Å². The van der Waals surface area contributed by atoms with E-state index in [2.05, 4.69) is 15.2 Å². The molecule has 6 nitrogen and oxygen atoms in total. The van der Waals surface area contributed by atoms with Crippen molar-refractivity contribution in [1.82, 2.24) is 9.78 Å². The quantitative estimate of drug-likeness (QED) is 0.882. The van der Waals surface area contributed by atoms with Crippen LogP contribution in [0, 0.1) is 19.7 Å². The highest BCUT2D eigenvalue weighted by Gasteiger charge is 2.16. The van der Waals surface area contributed by atoms with Gasteiger partial charge in [-0.1, -0.05) is 0 Å². The molecule has 1 amide bonds. The van der Waals surface area contributed by atoms with Gasteiger partial charge in [0.05, 0.1) is 7.11 Å². The van der Waals surface area contributed by atoms with E-state index < -0.39 is 11.9 Å². The van der Waals surface area contributed by atoms with Crippen molar-refractivity contribution in [3.05, 3.63) is 46.4 Å². The van der Waals surface area contributed by atoms with Gasteiger partial charge in [0.15, 0.2) is 5.82 Å². The summed E-state index contributed by atoms with van der Waals surface area (Å²) in [6.07, 6.45) is 0. The largest absolute Gasteiger partial charge is 0.464 e. The SMILES string of the molecule is COC(=O)c1cc(NC(=O)c2cc(C)c(F)c(C)c2)nn1C. The summed E-state index contributed by atoms with van der Waals surface area (Å²) in [5.74, 6) is -1.10. The first kappa shape index (κ1) is 15.7. The Kier molecular flexibility index (Phi) is 4.25. The predicted octanol–water partition coefficient (Wildman–Crippen LogP) is 2.21. The molecule has 0 saturated heterocycles. The third-order valence-electron chi connectivity index (χ3n) is 3.21. The lowest BCUT2D eigenvalue weighted by molar-refractivity contribution is 0.0588.